The lowest BCUT2D eigenvalue weighted by Crippen LogP contribution is -2.18. The maximum absolute atomic E-state index is 12.1. The number of hydrogen-bond donors (Lipinski definition) is 2. The summed E-state index contributed by atoms with van der Waals surface area (Å²) < 4.78 is 10.1. The van der Waals surface area contributed by atoms with Crippen LogP contribution in [0.25, 0.3) is 0 Å². The number of nitrogens with one attached hydrogen (secondary N) is 2. The van der Waals surface area contributed by atoms with Gasteiger partial charge >= 0.3 is 5.97 Å². The van der Waals surface area contributed by atoms with Gasteiger partial charge in [0.15, 0.2) is 5.57 Å². The lowest BCUT2D eigenvalue weighted by Gasteiger charge is -2.15. The maximum atomic E-state index is 12.1. The number of ether oxygens (including phenoxy) is 2. The van der Waals surface area contributed by atoms with Crippen molar-refractivity contribution in [3.8, 4) is 11.8 Å². The normalized spacial score (nSPS) is 10.9. The summed E-state index contributed by atoms with van der Waals surface area (Å²) >= 11 is 0. The lowest BCUT2D eigenvalue weighted by molar-refractivity contribution is -0.138. The first kappa shape index (κ1) is 17.9. The van der Waals surface area contributed by atoms with E-state index in [9.17, 15) is 10.1 Å². The summed E-state index contributed by atoms with van der Waals surface area (Å²) in [4.78, 5) is 12.1. The number of nitrogens with zero attached hydrogens (tertiary/aromatic N) is 1. The summed E-state index contributed by atoms with van der Waals surface area (Å²) in [5.41, 5.74) is 1.29. The third kappa shape index (κ3) is 5.01. The van der Waals surface area contributed by atoms with Crippen molar-refractivity contribution in [1.29, 1.82) is 5.26 Å². The standard InChI is InChI=1S/C19H19N3O3/c1-3-25-19(23)17(13-20)18(21-14-7-5-4-6-8-14)22-15-9-11-16(24-2)12-10-15/h4-12,21-22H,3H2,1-2H3. The first-order chi connectivity index (χ1) is 12.2. The summed E-state index contributed by atoms with van der Waals surface area (Å²) in [5.74, 6) is 0.264. The number of methoxy groups -OCH3 is 1. The van der Waals surface area contributed by atoms with Crippen molar-refractivity contribution in [3.63, 3.8) is 0 Å². The number of nitriles is 1. The van der Waals surface area contributed by atoms with Crippen molar-refractivity contribution in [2.75, 3.05) is 24.4 Å². The molecule has 0 heterocycles. The second-order valence-electron chi connectivity index (χ2n) is 4.93. The van der Waals surface area contributed by atoms with E-state index in [1.165, 1.54) is 0 Å². The molecule has 0 aliphatic rings. The lowest BCUT2D eigenvalue weighted by atomic mass is 10.2. The predicted octanol–water partition coefficient (Wildman–Crippen LogP) is 3.52. The molecule has 0 aliphatic carbocycles. The zero-order valence-corrected chi connectivity index (χ0v) is 14.1. The molecule has 2 rings (SSSR count). The molecule has 0 amide bonds. The monoisotopic (exact) mass is 337 g/mol. The molecule has 2 N–H and O–H groups in total. The second-order valence-corrected chi connectivity index (χ2v) is 4.93. The minimum Gasteiger partial charge on any atom is -0.497 e. The largest absolute Gasteiger partial charge is 0.497 e. The highest BCUT2D eigenvalue weighted by Gasteiger charge is 2.17. The molecule has 0 bridgehead atoms. The smallest absolute Gasteiger partial charge is 0.352 e. The highest BCUT2D eigenvalue weighted by molar-refractivity contribution is 5.95. The van der Waals surface area contributed by atoms with Crippen LogP contribution in [0.15, 0.2) is 66.0 Å². The van der Waals surface area contributed by atoms with Crippen molar-refractivity contribution in [2.24, 2.45) is 0 Å². The average molecular weight is 337 g/mol. The van der Waals surface area contributed by atoms with Gasteiger partial charge in [-0.1, -0.05) is 18.2 Å². The first-order valence-corrected chi connectivity index (χ1v) is 7.72. The molecule has 0 atom stereocenters. The Labute approximate surface area is 146 Å². The molecule has 2 aromatic rings. The van der Waals surface area contributed by atoms with Gasteiger partial charge in [0.05, 0.1) is 13.7 Å². The molecule has 0 aliphatic heterocycles. The predicted molar refractivity (Wildman–Crippen MR) is 96.0 cm³/mol. The highest BCUT2D eigenvalue weighted by Crippen LogP contribution is 2.19. The molecule has 25 heavy (non-hydrogen) atoms. The molecule has 2 aromatic carbocycles. The van der Waals surface area contributed by atoms with E-state index < -0.39 is 5.97 Å². The number of para-hydroxylation sites is 1. The zero-order valence-electron chi connectivity index (χ0n) is 14.1. The molecule has 0 spiro atoms. The van der Waals surface area contributed by atoms with E-state index >= 15 is 0 Å². The molecule has 128 valence electrons. The Hall–Kier alpha value is -3.46. The fraction of sp³-hybridized carbons (Fsp3) is 0.158. The fourth-order valence-corrected chi connectivity index (χ4v) is 2.05. The molecule has 0 radical (unpaired) electrons. The number of carbonyl (C=O) groups is 1. The van der Waals surface area contributed by atoms with E-state index in [1.54, 1.807) is 38.3 Å². The van der Waals surface area contributed by atoms with Crippen LogP contribution in [0.5, 0.6) is 5.75 Å². The van der Waals surface area contributed by atoms with Gasteiger partial charge in [0.1, 0.15) is 17.6 Å². The highest BCUT2D eigenvalue weighted by atomic mass is 16.5. The SMILES string of the molecule is CCOC(=O)C(C#N)=C(Nc1ccccc1)Nc1ccc(OC)cc1. The third-order valence-corrected chi connectivity index (χ3v) is 3.24. The Bertz CT molecular complexity index is 778. The van der Waals surface area contributed by atoms with Crippen LogP contribution in [-0.2, 0) is 9.53 Å². The molecule has 0 fully saturated rings. The second kappa shape index (κ2) is 8.99. The van der Waals surface area contributed by atoms with Gasteiger partial charge in [-0.2, -0.15) is 5.26 Å². The van der Waals surface area contributed by atoms with Gasteiger partial charge in [-0.05, 0) is 43.3 Å². The van der Waals surface area contributed by atoms with Gasteiger partial charge in [-0.15, -0.1) is 0 Å². The van der Waals surface area contributed by atoms with Crippen molar-refractivity contribution >= 4 is 17.3 Å². The Morgan fingerprint density at radius 3 is 2.16 bits per heavy atom. The van der Waals surface area contributed by atoms with E-state index in [4.69, 9.17) is 9.47 Å². The molecule has 6 heteroatoms. The topological polar surface area (TPSA) is 83.4 Å². The Balaban J connectivity index is 2.36. The molecule has 0 saturated heterocycles. The Morgan fingerprint density at radius 1 is 1.04 bits per heavy atom. The van der Waals surface area contributed by atoms with Crippen molar-refractivity contribution < 1.29 is 14.3 Å². The molecule has 0 saturated carbocycles. The Morgan fingerprint density at radius 2 is 1.64 bits per heavy atom. The van der Waals surface area contributed by atoms with Crippen LogP contribution < -0.4 is 15.4 Å². The number of rotatable bonds is 7. The van der Waals surface area contributed by atoms with E-state index in [0.717, 1.165) is 5.69 Å². The quantitative estimate of drug-likeness (QED) is 0.457. The van der Waals surface area contributed by atoms with Gasteiger partial charge in [-0.25, -0.2) is 4.79 Å². The third-order valence-electron chi connectivity index (χ3n) is 3.24. The summed E-state index contributed by atoms with van der Waals surface area (Å²) in [7, 11) is 1.58. The number of anilines is 2. The van der Waals surface area contributed by atoms with E-state index in [-0.39, 0.29) is 18.0 Å². The minimum atomic E-state index is -0.690. The number of carbonyl (C=O) groups excluding carboxylic acids is 1. The van der Waals surface area contributed by atoms with Crippen LogP contribution in [0, 0.1) is 11.3 Å². The maximum Gasteiger partial charge on any atom is 0.352 e. The van der Waals surface area contributed by atoms with E-state index in [0.29, 0.717) is 11.4 Å². The summed E-state index contributed by atoms with van der Waals surface area (Å²) in [6.45, 7) is 1.87. The molecule has 0 unspecified atom stereocenters. The van der Waals surface area contributed by atoms with Gasteiger partial charge in [0.25, 0.3) is 0 Å². The molecular weight excluding hydrogens is 318 g/mol. The number of benzene rings is 2. The van der Waals surface area contributed by atoms with Crippen molar-refractivity contribution in [3.05, 3.63) is 66.0 Å². The minimum absolute atomic E-state index is 0.137. The van der Waals surface area contributed by atoms with E-state index in [1.807, 2.05) is 36.4 Å². The van der Waals surface area contributed by atoms with Gasteiger partial charge < -0.3 is 20.1 Å². The summed E-state index contributed by atoms with van der Waals surface area (Å²) in [5, 5.41) is 15.5. The van der Waals surface area contributed by atoms with Crippen LogP contribution in [0.2, 0.25) is 0 Å². The first-order valence-electron chi connectivity index (χ1n) is 7.72. The summed E-state index contributed by atoms with van der Waals surface area (Å²) in [6.07, 6.45) is 0. The average Bonchev–Trinajstić information content (AvgIpc) is 2.64. The van der Waals surface area contributed by atoms with Gasteiger partial charge in [0.2, 0.25) is 0 Å². The van der Waals surface area contributed by atoms with Crippen LogP contribution in [-0.4, -0.2) is 19.7 Å². The van der Waals surface area contributed by atoms with Gasteiger partial charge in [-0.3, -0.25) is 0 Å². The molecule has 0 aromatic heterocycles. The Kier molecular flexibility index (Phi) is 6.43. The van der Waals surface area contributed by atoms with E-state index in [2.05, 4.69) is 10.6 Å². The van der Waals surface area contributed by atoms with Crippen molar-refractivity contribution in [1.82, 2.24) is 0 Å². The van der Waals surface area contributed by atoms with Crippen LogP contribution in [0.3, 0.4) is 0 Å². The molecule has 6 nitrogen and oxygen atoms in total. The fourth-order valence-electron chi connectivity index (χ4n) is 2.05. The molecular formula is C19H19N3O3. The zero-order chi connectivity index (χ0) is 18.1. The number of esters is 1. The van der Waals surface area contributed by atoms with Gasteiger partial charge in [0, 0.05) is 11.4 Å². The summed E-state index contributed by atoms with van der Waals surface area (Å²) in [6, 6.07) is 18.3. The van der Waals surface area contributed by atoms with Crippen molar-refractivity contribution in [2.45, 2.75) is 6.92 Å². The number of hydrogen-bond acceptors (Lipinski definition) is 6. The van der Waals surface area contributed by atoms with Crippen LogP contribution >= 0.6 is 0 Å². The van der Waals surface area contributed by atoms with Crippen LogP contribution in [0.1, 0.15) is 6.92 Å². The van der Waals surface area contributed by atoms with Crippen LogP contribution in [0.4, 0.5) is 11.4 Å².